The lowest BCUT2D eigenvalue weighted by molar-refractivity contribution is 0.0521. The van der Waals surface area contributed by atoms with Crippen LogP contribution in [0.3, 0.4) is 0 Å². The summed E-state index contributed by atoms with van der Waals surface area (Å²) in [5, 5.41) is 0.214. The molecule has 1 aromatic carbocycles. The van der Waals surface area contributed by atoms with Crippen molar-refractivity contribution in [2.45, 2.75) is 12.3 Å². The van der Waals surface area contributed by atoms with E-state index in [1.807, 2.05) is 0 Å². The molecular formula is C10H9BrF2O2. The summed E-state index contributed by atoms with van der Waals surface area (Å²) in [6.07, 6.45) is 0. The number of rotatable bonds is 3. The molecule has 0 saturated carbocycles. The van der Waals surface area contributed by atoms with Crippen LogP contribution < -0.4 is 0 Å². The molecule has 0 radical (unpaired) electrons. The predicted molar refractivity (Wildman–Crippen MR) is 54.9 cm³/mol. The van der Waals surface area contributed by atoms with Crippen molar-refractivity contribution >= 4 is 21.9 Å². The molecule has 0 aliphatic heterocycles. The molecule has 82 valence electrons. The number of ether oxygens (including phenoxy) is 1. The molecule has 5 heteroatoms. The van der Waals surface area contributed by atoms with Crippen LogP contribution >= 0.6 is 15.9 Å². The summed E-state index contributed by atoms with van der Waals surface area (Å²) in [7, 11) is 0. The molecule has 0 aliphatic carbocycles. The maximum atomic E-state index is 13.2. The number of carbonyl (C=O) groups excluding carboxylic acids is 1. The van der Waals surface area contributed by atoms with Gasteiger partial charge in [-0.15, -0.1) is 0 Å². The SMILES string of the molecule is CCOC(=O)c1cc(CBr)c(F)cc1F. The maximum absolute atomic E-state index is 13.2. The molecule has 0 fully saturated rings. The van der Waals surface area contributed by atoms with E-state index in [-0.39, 0.29) is 23.1 Å². The van der Waals surface area contributed by atoms with Gasteiger partial charge in [0.15, 0.2) is 0 Å². The summed E-state index contributed by atoms with van der Waals surface area (Å²) in [6.45, 7) is 1.77. The lowest BCUT2D eigenvalue weighted by atomic mass is 10.1. The average Bonchev–Trinajstić information content (AvgIpc) is 2.18. The van der Waals surface area contributed by atoms with Crippen LogP contribution in [0.25, 0.3) is 0 Å². The van der Waals surface area contributed by atoms with Crippen LogP contribution in [0.4, 0.5) is 8.78 Å². The third kappa shape index (κ3) is 2.75. The van der Waals surface area contributed by atoms with Gasteiger partial charge in [0.1, 0.15) is 11.6 Å². The zero-order valence-corrected chi connectivity index (χ0v) is 9.61. The van der Waals surface area contributed by atoms with Crippen LogP contribution in [0.1, 0.15) is 22.8 Å². The lowest BCUT2D eigenvalue weighted by Gasteiger charge is -2.05. The van der Waals surface area contributed by atoms with E-state index >= 15 is 0 Å². The summed E-state index contributed by atoms with van der Waals surface area (Å²) in [6, 6.07) is 1.83. The van der Waals surface area contributed by atoms with Crippen LogP contribution in [0.15, 0.2) is 12.1 Å². The molecule has 2 nitrogen and oxygen atoms in total. The highest BCUT2D eigenvalue weighted by Crippen LogP contribution is 2.18. The largest absolute Gasteiger partial charge is 0.462 e. The first-order chi connectivity index (χ1) is 7.10. The predicted octanol–water partition coefficient (Wildman–Crippen LogP) is 3.04. The van der Waals surface area contributed by atoms with Gasteiger partial charge in [-0.05, 0) is 18.6 Å². The first kappa shape index (κ1) is 12.1. The highest BCUT2D eigenvalue weighted by Gasteiger charge is 2.16. The van der Waals surface area contributed by atoms with Gasteiger partial charge in [-0.2, -0.15) is 0 Å². The third-order valence-electron chi connectivity index (χ3n) is 1.78. The van der Waals surface area contributed by atoms with Crippen LogP contribution in [0.2, 0.25) is 0 Å². The van der Waals surface area contributed by atoms with E-state index in [0.29, 0.717) is 6.07 Å². The molecule has 0 bridgehead atoms. The average molecular weight is 279 g/mol. The van der Waals surface area contributed by atoms with E-state index in [0.717, 1.165) is 6.07 Å². The highest BCUT2D eigenvalue weighted by molar-refractivity contribution is 9.08. The zero-order chi connectivity index (χ0) is 11.4. The normalized spacial score (nSPS) is 10.1. The van der Waals surface area contributed by atoms with Gasteiger partial charge >= 0.3 is 5.97 Å². The zero-order valence-electron chi connectivity index (χ0n) is 8.02. The Morgan fingerprint density at radius 3 is 2.60 bits per heavy atom. The second kappa shape index (κ2) is 5.21. The maximum Gasteiger partial charge on any atom is 0.341 e. The Labute approximate surface area is 94.4 Å². The quantitative estimate of drug-likeness (QED) is 0.628. The number of halogens is 3. The molecule has 0 atom stereocenters. The Morgan fingerprint density at radius 2 is 2.07 bits per heavy atom. The lowest BCUT2D eigenvalue weighted by Crippen LogP contribution is -2.08. The van der Waals surface area contributed by atoms with Crippen LogP contribution in [-0.4, -0.2) is 12.6 Å². The summed E-state index contributed by atoms with van der Waals surface area (Å²) in [4.78, 5) is 11.2. The Morgan fingerprint density at radius 1 is 1.40 bits per heavy atom. The molecule has 0 aliphatic rings. The minimum Gasteiger partial charge on any atom is -0.462 e. The van der Waals surface area contributed by atoms with E-state index in [1.165, 1.54) is 0 Å². The van der Waals surface area contributed by atoms with E-state index in [1.54, 1.807) is 6.92 Å². The van der Waals surface area contributed by atoms with Crippen molar-refractivity contribution in [3.8, 4) is 0 Å². The minimum absolute atomic E-state index is 0.152. The smallest absolute Gasteiger partial charge is 0.341 e. The third-order valence-corrected chi connectivity index (χ3v) is 2.38. The molecule has 0 amide bonds. The second-order valence-corrected chi connectivity index (χ2v) is 3.34. The number of benzene rings is 1. The van der Waals surface area contributed by atoms with Crippen molar-refractivity contribution < 1.29 is 18.3 Å². The fourth-order valence-electron chi connectivity index (χ4n) is 1.06. The molecule has 0 heterocycles. The van der Waals surface area contributed by atoms with Gasteiger partial charge in [-0.1, -0.05) is 15.9 Å². The molecule has 0 spiro atoms. The Kier molecular flexibility index (Phi) is 4.20. The standard InChI is InChI=1S/C10H9BrF2O2/c1-2-15-10(14)7-3-6(5-11)8(12)4-9(7)13/h3-4H,2,5H2,1H3. The van der Waals surface area contributed by atoms with Crippen LogP contribution in [-0.2, 0) is 10.1 Å². The van der Waals surface area contributed by atoms with E-state index < -0.39 is 17.6 Å². The fraction of sp³-hybridized carbons (Fsp3) is 0.300. The monoisotopic (exact) mass is 278 g/mol. The molecule has 0 N–H and O–H groups in total. The first-order valence-corrected chi connectivity index (χ1v) is 5.43. The summed E-state index contributed by atoms with van der Waals surface area (Å²) in [5.41, 5.74) is -0.0212. The van der Waals surface area contributed by atoms with Crippen LogP contribution in [0.5, 0.6) is 0 Å². The summed E-state index contributed by atoms with van der Waals surface area (Å²) >= 11 is 3.04. The van der Waals surface area contributed by atoms with Crippen molar-refractivity contribution in [2.75, 3.05) is 6.61 Å². The number of carbonyl (C=O) groups is 1. The second-order valence-electron chi connectivity index (χ2n) is 2.78. The Hall–Kier alpha value is -0.970. The number of esters is 1. The first-order valence-electron chi connectivity index (χ1n) is 4.31. The van der Waals surface area contributed by atoms with E-state index in [2.05, 4.69) is 20.7 Å². The van der Waals surface area contributed by atoms with E-state index in [4.69, 9.17) is 0 Å². The molecule has 0 unspecified atom stereocenters. The van der Waals surface area contributed by atoms with Crippen molar-refractivity contribution in [3.05, 3.63) is 34.9 Å². The molecule has 0 aromatic heterocycles. The fourth-order valence-corrected chi connectivity index (χ4v) is 1.49. The molecule has 15 heavy (non-hydrogen) atoms. The van der Waals surface area contributed by atoms with Crippen molar-refractivity contribution in [2.24, 2.45) is 0 Å². The summed E-state index contributed by atoms with van der Waals surface area (Å²) in [5.74, 6) is -2.37. The molecule has 1 aromatic rings. The van der Waals surface area contributed by atoms with Gasteiger partial charge in [-0.25, -0.2) is 13.6 Å². The van der Waals surface area contributed by atoms with Crippen molar-refractivity contribution in [3.63, 3.8) is 0 Å². The molecular weight excluding hydrogens is 270 g/mol. The van der Waals surface area contributed by atoms with Gasteiger partial charge in [0.2, 0.25) is 0 Å². The highest BCUT2D eigenvalue weighted by atomic mass is 79.9. The van der Waals surface area contributed by atoms with Gasteiger partial charge < -0.3 is 4.74 Å². The minimum atomic E-state index is -0.907. The van der Waals surface area contributed by atoms with Crippen molar-refractivity contribution in [1.82, 2.24) is 0 Å². The number of hydrogen-bond acceptors (Lipinski definition) is 2. The van der Waals surface area contributed by atoms with Gasteiger partial charge in [-0.3, -0.25) is 0 Å². The Bertz CT molecular complexity index is 380. The number of hydrogen-bond donors (Lipinski definition) is 0. The molecule has 0 saturated heterocycles. The summed E-state index contributed by atoms with van der Waals surface area (Å²) < 4.78 is 30.9. The van der Waals surface area contributed by atoms with E-state index in [9.17, 15) is 13.6 Å². The van der Waals surface area contributed by atoms with Gasteiger partial charge in [0, 0.05) is 11.4 Å². The topological polar surface area (TPSA) is 26.3 Å². The molecule has 1 rings (SSSR count). The van der Waals surface area contributed by atoms with Crippen LogP contribution in [0, 0.1) is 11.6 Å². The Balaban J connectivity index is 3.12. The van der Waals surface area contributed by atoms with Crippen molar-refractivity contribution in [1.29, 1.82) is 0 Å². The van der Waals surface area contributed by atoms with Gasteiger partial charge in [0.25, 0.3) is 0 Å². The van der Waals surface area contributed by atoms with Gasteiger partial charge in [0.05, 0.1) is 12.2 Å². The number of alkyl halides is 1.